The van der Waals surface area contributed by atoms with Gasteiger partial charge in [-0.1, -0.05) is 39.3 Å². The first-order valence-electron chi connectivity index (χ1n) is 5.91. The van der Waals surface area contributed by atoms with Crippen molar-refractivity contribution in [2.75, 3.05) is 0 Å². The zero-order valence-electron chi connectivity index (χ0n) is 10.3. The SMILES string of the molecule is O=c1c2ccccc2nnn1Cc1ccc(F)cc1Br. The minimum Gasteiger partial charge on any atom is -0.267 e. The maximum absolute atomic E-state index is 13.0. The molecule has 1 heterocycles. The van der Waals surface area contributed by atoms with Gasteiger partial charge >= 0.3 is 0 Å². The second kappa shape index (κ2) is 5.13. The van der Waals surface area contributed by atoms with E-state index in [1.54, 1.807) is 30.3 Å². The van der Waals surface area contributed by atoms with Gasteiger partial charge in [0.25, 0.3) is 5.56 Å². The lowest BCUT2D eigenvalue weighted by Crippen LogP contribution is -2.24. The third-order valence-corrected chi connectivity index (χ3v) is 3.70. The van der Waals surface area contributed by atoms with E-state index in [1.807, 2.05) is 0 Å². The normalized spacial score (nSPS) is 10.9. The van der Waals surface area contributed by atoms with E-state index in [2.05, 4.69) is 26.2 Å². The molecule has 0 saturated carbocycles. The maximum Gasteiger partial charge on any atom is 0.277 e. The van der Waals surface area contributed by atoms with E-state index in [9.17, 15) is 9.18 Å². The number of rotatable bonds is 2. The molecule has 3 rings (SSSR count). The Kier molecular flexibility index (Phi) is 3.31. The molecule has 0 aliphatic rings. The average molecular weight is 334 g/mol. The topological polar surface area (TPSA) is 47.8 Å². The lowest BCUT2D eigenvalue weighted by Gasteiger charge is -2.07. The molecule has 0 aliphatic carbocycles. The van der Waals surface area contributed by atoms with Crippen LogP contribution in [0.5, 0.6) is 0 Å². The van der Waals surface area contributed by atoms with E-state index in [0.717, 1.165) is 5.56 Å². The summed E-state index contributed by atoms with van der Waals surface area (Å²) < 4.78 is 14.9. The molecule has 0 amide bonds. The highest BCUT2D eigenvalue weighted by atomic mass is 79.9. The van der Waals surface area contributed by atoms with E-state index in [4.69, 9.17) is 0 Å². The van der Waals surface area contributed by atoms with E-state index < -0.39 is 0 Å². The zero-order chi connectivity index (χ0) is 14.1. The molecule has 0 atom stereocenters. The monoisotopic (exact) mass is 333 g/mol. The molecule has 0 aliphatic heterocycles. The Morgan fingerprint density at radius 2 is 2.00 bits per heavy atom. The second-order valence-corrected chi connectivity index (χ2v) is 5.16. The third kappa shape index (κ3) is 2.34. The predicted octanol–water partition coefficient (Wildman–Crippen LogP) is 2.74. The van der Waals surface area contributed by atoms with Crippen molar-refractivity contribution in [2.24, 2.45) is 0 Å². The van der Waals surface area contributed by atoms with E-state index in [-0.39, 0.29) is 17.9 Å². The van der Waals surface area contributed by atoms with Crippen LogP contribution in [0.4, 0.5) is 4.39 Å². The summed E-state index contributed by atoms with van der Waals surface area (Å²) in [5.41, 5.74) is 1.11. The number of nitrogens with zero attached hydrogens (tertiary/aromatic N) is 3. The Morgan fingerprint density at radius 1 is 1.20 bits per heavy atom. The van der Waals surface area contributed by atoms with Gasteiger partial charge in [-0.2, -0.15) is 0 Å². The Morgan fingerprint density at radius 3 is 2.80 bits per heavy atom. The molecular formula is C14H9BrFN3O. The number of aromatic nitrogens is 3. The van der Waals surface area contributed by atoms with Crippen molar-refractivity contribution in [2.45, 2.75) is 6.54 Å². The largest absolute Gasteiger partial charge is 0.277 e. The van der Waals surface area contributed by atoms with Crippen molar-refractivity contribution in [3.8, 4) is 0 Å². The van der Waals surface area contributed by atoms with Crippen LogP contribution in [0.2, 0.25) is 0 Å². The fourth-order valence-electron chi connectivity index (χ4n) is 1.94. The Balaban J connectivity index is 2.07. The van der Waals surface area contributed by atoms with Gasteiger partial charge in [0, 0.05) is 4.47 Å². The predicted molar refractivity (Wildman–Crippen MR) is 77.0 cm³/mol. The maximum atomic E-state index is 13.0. The summed E-state index contributed by atoms with van der Waals surface area (Å²) >= 11 is 3.28. The molecule has 0 radical (unpaired) electrons. The number of hydrogen-bond acceptors (Lipinski definition) is 3. The molecular weight excluding hydrogens is 325 g/mol. The summed E-state index contributed by atoms with van der Waals surface area (Å²) in [4.78, 5) is 12.3. The van der Waals surface area contributed by atoms with Gasteiger partial charge in [-0.3, -0.25) is 4.79 Å². The van der Waals surface area contributed by atoms with Crippen molar-refractivity contribution < 1.29 is 4.39 Å². The molecule has 0 bridgehead atoms. The summed E-state index contributed by atoms with van der Waals surface area (Å²) in [5.74, 6) is -0.336. The van der Waals surface area contributed by atoms with Crippen LogP contribution in [0.3, 0.4) is 0 Å². The first-order valence-corrected chi connectivity index (χ1v) is 6.71. The fraction of sp³-hybridized carbons (Fsp3) is 0.0714. The third-order valence-electron chi connectivity index (χ3n) is 2.96. The minimum atomic E-state index is -0.336. The second-order valence-electron chi connectivity index (χ2n) is 4.31. The molecule has 3 aromatic rings. The molecule has 100 valence electrons. The molecule has 0 unspecified atom stereocenters. The minimum absolute atomic E-state index is 0.216. The molecule has 1 aromatic heterocycles. The van der Waals surface area contributed by atoms with Gasteiger partial charge in [0.05, 0.1) is 11.9 Å². The van der Waals surface area contributed by atoms with Crippen molar-refractivity contribution in [1.82, 2.24) is 15.0 Å². The molecule has 4 nitrogen and oxygen atoms in total. The van der Waals surface area contributed by atoms with Crippen LogP contribution >= 0.6 is 15.9 Å². The van der Waals surface area contributed by atoms with Crippen molar-refractivity contribution in [1.29, 1.82) is 0 Å². The van der Waals surface area contributed by atoms with Gasteiger partial charge in [-0.25, -0.2) is 9.07 Å². The van der Waals surface area contributed by atoms with Crippen LogP contribution in [-0.2, 0) is 6.54 Å². The van der Waals surface area contributed by atoms with Crippen LogP contribution in [0, 0.1) is 5.82 Å². The molecule has 0 N–H and O–H groups in total. The highest BCUT2D eigenvalue weighted by Crippen LogP contribution is 2.18. The van der Waals surface area contributed by atoms with Gasteiger partial charge in [0.2, 0.25) is 0 Å². The van der Waals surface area contributed by atoms with Crippen LogP contribution in [0.1, 0.15) is 5.56 Å². The van der Waals surface area contributed by atoms with Gasteiger partial charge in [-0.05, 0) is 29.8 Å². The van der Waals surface area contributed by atoms with E-state index >= 15 is 0 Å². The van der Waals surface area contributed by atoms with Gasteiger partial charge < -0.3 is 0 Å². The van der Waals surface area contributed by atoms with Crippen LogP contribution in [0.15, 0.2) is 51.7 Å². The van der Waals surface area contributed by atoms with Crippen molar-refractivity contribution in [3.63, 3.8) is 0 Å². The summed E-state index contributed by atoms with van der Waals surface area (Å²) in [6, 6.07) is 11.3. The molecule has 6 heteroatoms. The Hall–Kier alpha value is -2.08. The van der Waals surface area contributed by atoms with Crippen molar-refractivity contribution in [3.05, 3.63) is 68.7 Å². The summed E-state index contributed by atoms with van der Waals surface area (Å²) in [7, 11) is 0. The first-order chi connectivity index (χ1) is 9.65. The fourth-order valence-corrected chi connectivity index (χ4v) is 2.41. The van der Waals surface area contributed by atoms with Gasteiger partial charge in [0.1, 0.15) is 11.3 Å². The number of benzene rings is 2. The van der Waals surface area contributed by atoms with Crippen LogP contribution < -0.4 is 5.56 Å². The first kappa shape index (κ1) is 12.9. The molecule has 0 spiro atoms. The van der Waals surface area contributed by atoms with Crippen LogP contribution in [-0.4, -0.2) is 15.0 Å². The Labute approximate surface area is 122 Å². The summed E-state index contributed by atoms with van der Waals surface area (Å²) in [6.45, 7) is 0.234. The zero-order valence-corrected chi connectivity index (χ0v) is 11.8. The smallest absolute Gasteiger partial charge is 0.267 e. The van der Waals surface area contributed by atoms with Crippen LogP contribution in [0.25, 0.3) is 10.9 Å². The average Bonchev–Trinajstić information content (AvgIpc) is 2.45. The highest BCUT2D eigenvalue weighted by molar-refractivity contribution is 9.10. The van der Waals surface area contributed by atoms with Crippen molar-refractivity contribution >= 4 is 26.8 Å². The standard InChI is InChI=1S/C14H9BrFN3O/c15-12-7-10(16)6-5-9(12)8-19-14(20)11-3-1-2-4-13(11)17-18-19/h1-7H,8H2. The number of halogens is 2. The highest BCUT2D eigenvalue weighted by Gasteiger charge is 2.08. The van der Waals surface area contributed by atoms with Gasteiger partial charge in [0.15, 0.2) is 0 Å². The molecule has 0 fully saturated rings. The summed E-state index contributed by atoms with van der Waals surface area (Å²) in [5, 5.41) is 8.43. The van der Waals surface area contributed by atoms with E-state index in [1.165, 1.54) is 16.8 Å². The number of fused-ring (bicyclic) bond motifs is 1. The lowest BCUT2D eigenvalue weighted by atomic mass is 10.2. The summed E-state index contributed by atoms with van der Waals surface area (Å²) in [6.07, 6.45) is 0. The number of hydrogen-bond donors (Lipinski definition) is 0. The lowest BCUT2D eigenvalue weighted by molar-refractivity contribution is 0.594. The molecule has 0 saturated heterocycles. The molecule has 2 aromatic carbocycles. The van der Waals surface area contributed by atoms with Gasteiger partial charge in [-0.15, -0.1) is 5.10 Å². The quantitative estimate of drug-likeness (QED) is 0.724. The Bertz CT molecular complexity index is 847. The van der Waals surface area contributed by atoms with E-state index in [0.29, 0.717) is 15.4 Å². The molecule has 20 heavy (non-hydrogen) atoms.